The van der Waals surface area contributed by atoms with E-state index in [0.29, 0.717) is 5.95 Å². The molecule has 6 nitrogen and oxygen atoms in total. The molecule has 2 heterocycles. The van der Waals surface area contributed by atoms with Crippen molar-refractivity contribution in [1.29, 1.82) is 0 Å². The van der Waals surface area contributed by atoms with E-state index in [1.807, 2.05) is 0 Å². The van der Waals surface area contributed by atoms with E-state index in [4.69, 9.17) is 4.74 Å². The van der Waals surface area contributed by atoms with Gasteiger partial charge in [-0.25, -0.2) is 0 Å². The Morgan fingerprint density at radius 2 is 2.24 bits per heavy atom. The standard InChI is InChI=1S/C15H19N5O/c1-21-10-4-8-16-15-18-14(11-17-19-15)20-9-7-12-5-2-3-6-13(12)20/h2-3,5-6,11H,4,7-10H2,1H3,(H,16,18,19). The number of fused-ring (bicyclic) bond motifs is 1. The molecule has 1 aromatic carbocycles. The lowest BCUT2D eigenvalue weighted by Gasteiger charge is -2.18. The number of benzene rings is 1. The number of para-hydroxylation sites is 1. The molecule has 1 N–H and O–H groups in total. The van der Waals surface area contributed by atoms with Gasteiger partial charge < -0.3 is 15.0 Å². The highest BCUT2D eigenvalue weighted by atomic mass is 16.5. The van der Waals surface area contributed by atoms with Crippen LogP contribution in [0.15, 0.2) is 30.5 Å². The highest BCUT2D eigenvalue weighted by Gasteiger charge is 2.21. The fourth-order valence-electron chi connectivity index (χ4n) is 2.49. The number of ether oxygens (including phenoxy) is 1. The molecule has 0 radical (unpaired) electrons. The molecule has 0 atom stereocenters. The largest absolute Gasteiger partial charge is 0.385 e. The van der Waals surface area contributed by atoms with Crippen molar-refractivity contribution in [3.05, 3.63) is 36.0 Å². The van der Waals surface area contributed by atoms with Crippen molar-refractivity contribution in [2.75, 3.05) is 37.0 Å². The Labute approximate surface area is 124 Å². The summed E-state index contributed by atoms with van der Waals surface area (Å²) in [7, 11) is 1.70. The summed E-state index contributed by atoms with van der Waals surface area (Å²) in [4.78, 5) is 6.74. The monoisotopic (exact) mass is 285 g/mol. The van der Waals surface area contributed by atoms with E-state index in [1.54, 1.807) is 13.3 Å². The third-order valence-electron chi connectivity index (χ3n) is 3.52. The minimum absolute atomic E-state index is 0.563. The van der Waals surface area contributed by atoms with Crippen molar-refractivity contribution in [2.24, 2.45) is 0 Å². The van der Waals surface area contributed by atoms with Gasteiger partial charge in [0.15, 0.2) is 5.82 Å². The molecule has 0 unspecified atom stereocenters. The smallest absolute Gasteiger partial charge is 0.244 e. The van der Waals surface area contributed by atoms with Crippen LogP contribution in [0, 0.1) is 0 Å². The van der Waals surface area contributed by atoms with E-state index < -0.39 is 0 Å². The number of hydrogen-bond acceptors (Lipinski definition) is 6. The van der Waals surface area contributed by atoms with Gasteiger partial charge in [-0.2, -0.15) is 10.1 Å². The molecule has 1 aliphatic heterocycles. The van der Waals surface area contributed by atoms with Crippen LogP contribution in [-0.2, 0) is 11.2 Å². The van der Waals surface area contributed by atoms with Crippen molar-refractivity contribution in [3.8, 4) is 0 Å². The zero-order valence-corrected chi connectivity index (χ0v) is 12.1. The Morgan fingerprint density at radius 3 is 3.14 bits per heavy atom. The Kier molecular flexibility index (Phi) is 4.25. The third kappa shape index (κ3) is 3.11. The molecule has 110 valence electrons. The average Bonchev–Trinajstić information content (AvgIpc) is 2.96. The molecule has 0 saturated carbocycles. The van der Waals surface area contributed by atoms with Crippen LogP contribution in [0.4, 0.5) is 17.5 Å². The van der Waals surface area contributed by atoms with Gasteiger partial charge in [0.1, 0.15) is 0 Å². The highest BCUT2D eigenvalue weighted by molar-refractivity contribution is 5.67. The first-order valence-electron chi connectivity index (χ1n) is 7.16. The summed E-state index contributed by atoms with van der Waals surface area (Å²) in [6.07, 6.45) is 3.66. The Hall–Kier alpha value is -2.21. The number of rotatable bonds is 6. The lowest BCUT2D eigenvalue weighted by Crippen LogP contribution is -2.17. The van der Waals surface area contributed by atoms with Crippen molar-refractivity contribution < 1.29 is 4.74 Å². The molecule has 0 aliphatic carbocycles. The second kappa shape index (κ2) is 6.49. The predicted octanol–water partition coefficient (Wildman–Crippen LogP) is 2.01. The number of nitrogens with one attached hydrogen (secondary N) is 1. The summed E-state index contributed by atoms with van der Waals surface area (Å²) in [6.45, 7) is 2.43. The number of anilines is 3. The minimum atomic E-state index is 0.563. The summed E-state index contributed by atoms with van der Waals surface area (Å²) in [5.74, 6) is 1.40. The first kappa shape index (κ1) is 13.8. The third-order valence-corrected chi connectivity index (χ3v) is 3.52. The van der Waals surface area contributed by atoms with E-state index in [2.05, 4.69) is 49.7 Å². The number of methoxy groups -OCH3 is 1. The molecular weight excluding hydrogens is 266 g/mol. The van der Waals surface area contributed by atoms with E-state index in [1.165, 1.54) is 11.3 Å². The van der Waals surface area contributed by atoms with Gasteiger partial charge in [-0.05, 0) is 24.5 Å². The lowest BCUT2D eigenvalue weighted by atomic mass is 10.2. The molecule has 0 amide bonds. The van der Waals surface area contributed by atoms with Crippen LogP contribution in [0.25, 0.3) is 0 Å². The van der Waals surface area contributed by atoms with Gasteiger partial charge in [0.05, 0.1) is 6.20 Å². The normalized spacial score (nSPS) is 13.3. The summed E-state index contributed by atoms with van der Waals surface area (Å²) in [5.41, 5.74) is 2.56. The highest BCUT2D eigenvalue weighted by Crippen LogP contribution is 2.32. The van der Waals surface area contributed by atoms with E-state index in [9.17, 15) is 0 Å². The molecule has 6 heteroatoms. The first-order valence-corrected chi connectivity index (χ1v) is 7.16. The summed E-state index contributed by atoms with van der Waals surface area (Å²) < 4.78 is 5.02. The van der Waals surface area contributed by atoms with E-state index in [-0.39, 0.29) is 0 Å². The van der Waals surface area contributed by atoms with Crippen LogP contribution < -0.4 is 10.2 Å². The molecule has 0 saturated heterocycles. The van der Waals surface area contributed by atoms with Crippen LogP contribution in [0.3, 0.4) is 0 Å². The van der Waals surface area contributed by atoms with Gasteiger partial charge in [0, 0.05) is 32.5 Å². The van der Waals surface area contributed by atoms with Crippen LogP contribution in [0.2, 0.25) is 0 Å². The zero-order valence-electron chi connectivity index (χ0n) is 12.1. The fourth-order valence-corrected chi connectivity index (χ4v) is 2.49. The second-order valence-electron chi connectivity index (χ2n) is 4.94. The molecule has 0 bridgehead atoms. The Bertz CT molecular complexity index is 604. The van der Waals surface area contributed by atoms with E-state index in [0.717, 1.165) is 38.4 Å². The Balaban J connectivity index is 1.72. The molecular formula is C15H19N5O. The molecule has 1 aliphatic rings. The van der Waals surface area contributed by atoms with Gasteiger partial charge in [0.25, 0.3) is 0 Å². The lowest BCUT2D eigenvalue weighted by molar-refractivity contribution is 0.197. The number of nitrogens with zero attached hydrogens (tertiary/aromatic N) is 4. The minimum Gasteiger partial charge on any atom is -0.385 e. The molecule has 21 heavy (non-hydrogen) atoms. The summed E-state index contributed by atoms with van der Waals surface area (Å²) >= 11 is 0. The van der Waals surface area contributed by atoms with Crippen LogP contribution in [0.5, 0.6) is 0 Å². The summed E-state index contributed by atoms with van der Waals surface area (Å²) in [5, 5.41) is 11.3. The fraction of sp³-hybridized carbons (Fsp3) is 0.400. The van der Waals surface area contributed by atoms with E-state index >= 15 is 0 Å². The predicted molar refractivity (Wildman–Crippen MR) is 82.0 cm³/mol. The van der Waals surface area contributed by atoms with Crippen LogP contribution in [-0.4, -0.2) is 42.0 Å². The maximum Gasteiger partial charge on any atom is 0.244 e. The zero-order chi connectivity index (χ0) is 14.5. The number of hydrogen-bond donors (Lipinski definition) is 1. The molecule has 1 aromatic heterocycles. The van der Waals surface area contributed by atoms with Crippen molar-refractivity contribution >= 4 is 17.5 Å². The maximum atomic E-state index is 5.02. The van der Waals surface area contributed by atoms with Crippen LogP contribution in [0.1, 0.15) is 12.0 Å². The van der Waals surface area contributed by atoms with Crippen LogP contribution >= 0.6 is 0 Å². The van der Waals surface area contributed by atoms with Gasteiger partial charge in [-0.3, -0.25) is 0 Å². The Morgan fingerprint density at radius 1 is 1.33 bits per heavy atom. The molecule has 3 rings (SSSR count). The van der Waals surface area contributed by atoms with Crippen molar-refractivity contribution in [3.63, 3.8) is 0 Å². The average molecular weight is 285 g/mol. The topological polar surface area (TPSA) is 63.2 Å². The molecule has 0 fully saturated rings. The van der Waals surface area contributed by atoms with Gasteiger partial charge in [-0.1, -0.05) is 18.2 Å². The summed E-state index contributed by atoms with van der Waals surface area (Å²) in [6, 6.07) is 8.41. The number of aromatic nitrogens is 3. The quantitative estimate of drug-likeness (QED) is 0.819. The van der Waals surface area contributed by atoms with Gasteiger partial charge in [-0.15, -0.1) is 5.10 Å². The SMILES string of the molecule is COCCCNc1nncc(N2CCc3ccccc32)n1. The van der Waals surface area contributed by atoms with Gasteiger partial charge >= 0.3 is 0 Å². The van der Waals surface area contributed by atoms with Crippen molar-refractivity contribution in [1.82, 2.24) is 15.2 Å². The first-order chi connectivity index (χ1) is 10.4. The molecule has 0 spiro atoms. The molecule has 2 aromatic rings. The van der Waals surface area contributed by atoms with Crippen molar-refractivity contribution in [2.45, 2.75) is 12.8 Å². The second-order valence-corrected chi connectivity index (χ2v) is 4.94. The van der Waals surface area contributed by atoms with Gasteiger partial charge in [0.2, 0.25) is 5.95 Å². The maximum absolute atomic E-state index is 5.02.